The zero-order chi connectivity index (χ0) is 35.5. The molecule has 9 aromatic carbocycles. The number of nitrogens with zero attached hydrogens (tertiary/aromatic N) is 2. The zero-order valence-corrected chi connectivity index (χ0v) is 29.9. The molecule has 0 unspecified atom stereocenters. The predicted octanol–water partition coefficient (Wildman–Crippen LogP) is 14.4. The van der Waals surface area contributed by atoms with Crippen molar-refractivity contribution in [3.8, 4) is 11.1 Å². The van der Waals surface area contributed by atoms with Crippen LogP contribution in [0.15, 0.2) is 194 Å². The molecular weight excluding hydrogens is 641 g/mol. The van der Waals surface area contributed by atoms with Crippen LogP contribution < -0.4 is 9.80 Å². The van der Waals surface area contributed by atoms with Crippen LogP contribution in [0, 0.1) is 0 Å². The van der Waals surface area contributed by atoms with Crippen LogP contribution in [0.4, 0.5) is 34.1 Å². The van der Waals surface area contributed by atoms with Crippen LogP contribution in [0.25, 0.3) is 43.4 Å². The number of benzene rings is 9. The summed E-state index contributed by atoms with van der Waals surface area (Å²) in [6.45, 7) is 4.84. The van der Waals surface area contributed by atoms with Crippen molar-refractivity contribution < 1.29 is 0 Å². The Bertz CT molecular complexity index is 2750. The monoisotopic (exact) mass is 678 g/mol. The molecule has 0 amide bonds. The average Bonchev–Trinajstić information content (AvgIpc) is 3.22. The molecule has 2 heteroatoms. The first-order chi connectivity index (χ1) is 26.1. The highest BCUT2D eigenvalue weighted by atomic mass is 15.2. The third-order valence-electron chi connectivity index (χ3n) is 11.2. The summed E-state index contributed by atoms with van der Waals surface area (Å²) in [6.07, 6.45) is 0. The quantitative estimate of drug-likeness (QED) is 0.167. The number of fused-ring (bicyclic) bond motifs is 9. The minimum Gasteiger partial charge on any atom is -0.310 e. The predicted molar refractivity (Wildman–Crippen MR) is 226 cm³/mol. The van der Waals surface area contributed by atoms with E-state index in [1.807, 2.05) is 0 Å². The summed E-state index contributed by atoms with van der Waals surface area (Å²) < 4.78 is 0. The van der Waals surface area contributed by atoms with Crippen molar-refractivity contribution in [2.24, 2.45) is 0 Å². The maximum absolute atomic E-state index is 2.48. The van der Waals surface area contributed by atoms with Gasteiger partial charge in [0.25, 0.3) is 0 Å². The van der Waals surface area contributed by atoms with Crippen LogP contribution in [-0.2, 0) is 5.41 Å². The number of hydrogen-bond donors (Lipinski definition) is 0. The smallest absolute Gasteiger partial charge is 0.0509 e. The van der Waals surface area contributed by atoms with Gasteiger partial charge in [-0.15, -0.1) is 0 Å². The van der Waals surface area contributed by atoms with E-state index in [0.29, 0.717) is 0 Å². The van der Waals surface area contributed by atoms with Crippen molar-refractivity contribution in [1.29, 1.82) is 0 Å². The summed E-state index contributed by atoms with van der Waals surface area (Å²) in [7, 11) is 0. The molecule has 0 saturated heterocycles. The van der Waals surface area contributed by atoms with Crippen LogP contribution in [0.1, 0.15) is 25.0 Å². The molecule has 0 aliphatic carbocycles. The second-order valence-electron chi connectivity index (χ2n) is 14.6. The molecule has 0 bridgehead atoms. The van der Waals surface area contributed by atoms with Gasteiger partial charge in [0.2, 0.25) is 0 Å². The Morgan fingerprint density at radius 3 is 1.53 bits per heavy atom. The molecule has 9 aromatic rings. The zero-order valence-electron chi connectivity index (χ0n) is 29.9. The first kappa shape index (κ1) is 31.1. The van der Waals surface area contributed by atoms with Gasteiger partial charge in [-0.1, -0.05) is 147 Å². The van der Waals surface area contributed by atoms with Crippen LogP contribution in [0.5, 0.6) is 0 Å². The standard InChI is InChI=1S/C51H38N2/c1-51(2)46-34-40(52(37-18-8-4-9-19-37)39-28-26-36(27-29-39)35-16-6-3-7-17-35)30-32-47(46)53(38-20-10-5-11-21-38)48-33-31-45-43-24-13-12-22-41(43)42-23-14-15-25-44(42)49(45)50(48)51/h3-34H,1-2H3. The number of anilines is 6. The van der Waals surface area contributed by atoms with E-state index in [4.69, 9.17) is 0 Å². The van der Waals surface area contributed by atoms with Gasteiger partial charge < -0.3 is 9.80 Å². The van der Waals surface area contributed by atoms with Crippen LogP contribution in [0.2, 0.25) is 0 Å². The summed E-state index contributed by atoms with van der Waals surface area (Å²) in [5, 5.41) is 7.80. The van der Waals surface area contributed by atoms with E-state index in [1.54, 1.807) is 0 Å². The first-order valence-electron chi connectivity index (χ1n) is 18.4. The van der Waals surface area contributed by atoms with Crippen molar-refractivity contribution in [1.82, 2.24) is 0 Å². The van der Waals surface area contributed by atoms with Crippen molar-refractivity contribution in [2.45, 2.75) is 19.3 Å². The first-order valence-corrected chi connectivity index (χ1v) is 18.4. The summed E-state index contributed by atoms with van der Waals surface area (Å²) in [6, 6.07) is 70.7. The molecule has 0 saturated carbocycles. The van der Waals surface area contributed by atoms with Gasteiger partial charge in [0, 0.05) is 28.2 Å². The Balaban J connectivity index is 1.23. The van der Waals surface area contributed by atoms with Crippen molar-refractivity contribution in [3.63, 3.8) is 0 Å². The van der Waals surface area contributed by atoms with Gasteiger partial charge in [-0.05, 0) is 115 Å². The van der Waals surface area contributed by atoms with Gasteiger partial charge in [-0.3, -0.25) is 0 Å². The molecule has 252 valence electrons. The molecule has 0 N–H and O–H groups in total. The molecule has 0 radical (unpaired) electrons. The van der Waals surface area contributed by atoms with Gasteiger partial charge in [0.1, 0.15) is 0 Å². The average molecular weight is 679 g/mol. The Hall–Kier alpha value is -6.64. The molecule has 0 atom stereocenters. The van der Waals surface area contributed by atoms with E-state index in [9.17, 15) is 0 Å². The van der Waals surface area contributed by atoms with Gasteiger partial charge in [0.15, 0.2) is 0 Å². The van der Waals surface area contributed by atoms with Crippen molar-refractivity contribution in [2.75, 3.05) is 9.80 Å². The Kier molecular flexibility index (Phi) is 7.19. The lowest BCUT2D eigenvalue weighted by atomic mass is 9.70. The lowest BCUT2D eigenvalue weighted by Crippen LogP contribution is -2.31. The summed E-state index contributed by atoms with van der Waals surface area (Å²) in [5.41, 5.74) is 11.7. The highest BCUT2D eigenvalue weighted by Gasteiger charge is 2.39. The summed E-state index contributed by atoms with van der Waals surface area (Å²) in [4.78, 5) is 4.87. The summed E-state index contributed by atoms with van der Waals surface area (Å²) >= 11 is 0. The second-order valence-corrected chi connectivity index (χ2v) is 14.6. The number of hydrogen-bond acceptors (Lipinski definition) is 2. The molecule has 1 heterocycles. The molecule has 2 nitrogen and oxygen atoms in total. The van der Waals surface area contributed by atoms with E-state index >= 15 is 0 Å². The third-order valence-corrected chi connectivity index (χ3v) is 11.2. The normalized spacial score (nSPS) is 13.2. The second kappa shape index (κ2) is 12.3. The van der Waals surface area contributed by atoms with Gasteiger partial charge in [-0.2, -0.15) is 0 Å². The van der Waals surface area contributed by atoms with Gasteiger partial charge in [0.05, 0.1) is 11.4 Å². The lowest BCUT2D eigenvalue weighted by molar-refractivity contribution is 0.638. The molecule has 0 aromatic heterocycles. The number of rotatable bonds is 5. The molecule has 0 spiro atoms. The number of para-hydroxylation sites is 2. The minimum atomic E-state index is -0.337. The van der Waals surface area contributed by atoms with E-state index < -0.39 is 0 Å². The largest absolute Gasteiger partial charge is 0.310 e. The van der Waals surface area contributed by atoms with Crippen LogP contribution >= 0.6 is 0 Å². The van der Waals surface area contributed by atoms with E-state index in [-0.39, 0.29) is 5.41 Å². The minimum absolute atomic E-state index is 0.337. The van der Waals surface area contributed by atoms with Crippen molar-refractivity contribution >= 4 is 66.4 Å². The Labute approximate surface area is 310 Å². The van der Waals surface area contributed by atoms with Crippen molar-refractivity contribution in [3.05, 3.63) is 205 Å². The van der Waals surface area contributed by atoms with Gasteiger partial charge >= 0.3 is 0 Å². The van der Waals surface area contributed by atoms with E-state index in [1.165, 1.54) is 65.9 Å². The highest BCUT2D eigenvalue weighted by Crippen LogP contribution is 2.56. The molecular formula is C51H38N2. The Morgan fingerprint density at radius 1 is 0.396 bits per heavy atom. The van der Waals surface area contributed by atoms with Gasteiger partial charge in [-0.25, -0.2) is 0 Å². The molecule has 0 fully saturated rings. The summed E-state index contributed by atoms with van der Waals surface area (Å²) in [5.74, 6) is 0. The molecule has 1 aliphatic heterocycles. The molecule has 1 aliphatic rings. The fourth-order valence-corrected chi connectivity index (χ4v) is 8.74. The maximum atomic E-state index is 2.48. The fourth-order valence-electron chi connectivity index (χ4n) is 8.74. The van der Waals surface area contributed by atoms with Crippen LogP contribution in [-0.4, -0.2) is 0 Å². The lowest BCUT2D eigenvalue weighted by Gasteiger charge is -2.43. The topological polar surface area (TPSA) is 6.48 Å². The highest BCUT2D eigenvalue weighted by molar-refractivity contribution is 6.27. The van der Waals surface area contributed by atoms with Crippen LogP contribution in [0.3, 0.4) is 0 Å². The SMILES string of the molecule is CC1(C)c2cc(N(c3ccccc3)c3ccc(-c4ccccc4)cc3)ccc2N(c2ccccc2)c2ccc3c4ccccc4c4ccccc4c3c21. The van der Waals surface area contributed by atoms with E-state index in [2.05, 4.69) is 218 Å². The third kappa shape index (κ3) is 4.94. The van der Waals surface area contributed by atoms with E-state index in [0.717, 1.165) is 22.7 Å². The maximum Gasteiger partial charge on any atom is 0.0509 e. The molecule has 10 rings (SSSR count). The fraction of sp³-hybridized carbons (Fsp3) is 0.0588. The Morgan fingerprint density at radius 2 is 0.868 bits per heavy atom. The molecule has 53 heavy (non-hydrogen) atoms.